The van der Waals surface area contributed by atoms with Crippen molar-refractivity contribution in [3.8, 4) is 0 Å². The second-order valence-corrected chi connectivity index (χ2v) is 6.75. The van der Waals surface area contributed by atoms with Gasteiger partial charge in [-0.3, -0.25) is 9.89 Å². The lowest BCUT2D eigenvalue weighted by Gasteiger charge is -2.41. The number of piperazine rings is 1. The van der Waals surface area contributed by atoms with E-state index in [1.54, 1.807) is 0 Å². The molecule has 0 aromatic carbocycles. The van der Waals surface area contributed by atoms with Crippen LogP contribution in [0.3, 0.4) is 0 Å². The Labute approximate surface area is 131 Å². The van der Waals surface area contributed by atoms with Gasteiger partial charge in [-0.05, 0) is 31.3 Å². The van der Waals surface area contributed by atoms with Crippen molar-refractivity contribution >= 4 is 5.84 Å². The molecule has 3 nitrogen and oxygen atoms in total. The van der Waals surface area contributed by atoms with E-state index in [-0.39, 0.29) is 0 Å². The average Bonchev–Trinajstić information content (AvgIpc) is 2.47. The number of hydrogen-bond acceptors (Lipinski definition) is 3. The van der Waals surface area contributed by atoms with Crippen molar-refractivity contribution in [3.63, 3.8) is 0 Å². The molecule has 1 fully saturated rings. The van der Waals surface area contributed by atoms with Crippen LogP contribution in [0.25, 0.3) is 0 Å². The van der Waals surface area contributed by atoms with Crippen molar-refractivity contribution in [2.24, 2.45) is 10.9 Å². The summed E-state index contributed by atoms with van der Waals surface area (Å²) < 4.78 is 0. The van der Waals surface area contributed by atoms with E-state index in [1.165, 1.54) is 50.2 Å². The Kier molecular flexibility index (Phi) is 6.28. The summed E-state index contributed by atoms with van der Waals surface area (Å²) >= 11 is 0. The lowest BCUT2D eigenvalue weighted by atomic mass is 10.0. The summed E-state index contributed by atoms with van der Waals surface area (Å²) in [7, 11) is 0. The maximum Gasteiger partial charge on any atom is 0.126 e. The minimum atomic E-state index is 0.605. The molecule has 21 heavy (non-hydrogen) atoms. The summed E-state index contributed by atoms with van der Waals surface area (Å²) in [5, 5.41) is 0. The van der Waals surface area contributed by atoms with Crippen LogP contribution in [-0.4, -0.2) is 54.4 Å². The van der Waals surface area contributed by atoms with Crippen LogP contribution in [0.15, 0.2) is 16.6 Å². The zero-order valence-corrected chi connectivity index (χ0v) is 14.4. The molecule has 2 aliphatic heterocycles. The van der Waals surface area contributed by atoms with Gasteiger partial charge in [0, 0.05) is 38.8 Å². The van der Waals surface area contributed by atoms with Gasteiger partial charge in [0.2, 0.25) is 0 Å². The number of amidine groups is 1. The fourth-order valence-corrected chi connectivity index (χ4v) is 3.73. The Morgan fingerprint density at radius 1 is 1.14 bits per heavy atom. The number of aliphatic imine (C=N–C) groups is 1. The highest BCUT2D eigenvalue weighted by Crippen LogP contribution is 2.19. The number of rotatable bonds is 5. The van der Waals surface area contributed by atoms with Gasteiger partial charge in [-0.25, -0.2) is 0 Å². The van der Waals surface area contributed by atoms with Crippen molar-refractivity contribution in [2.45, 2.75) is 59.4 Å². The van der Waals surface area contributed by atoms with Gasteiger partial charge < -0.3 is 4.90 Å². The van der Waals surface area contributed by atoms with Crippen LogP contribution >= 0.6 is 0 Å². The van der Waals surface area contributed by atoms with Gasteiger partial charge in [0.05, 0.1) is 0 Å². The third-order valence-corrected chi connectivity index (χ3v) is 4.79. The van der Waals surface area contributed by atoms with Crippen molar-refractivity contribution in [2.75, 3.05) is 32.7 Å². The van der Waals surface area contributed by atoms with Crippen LogP contribution in [0.5, 0.6) is 0 Å². The van der Waals surface area contributed by atoms with Crippen molar-refractivity contribution in [3.05, 3.63) is 11.6 Å². The third-order valence-electron chi connectivity index (χ3n) is 4.79. The Bertz CT molecular complexity index is 372. The number of dihydropyridines is 1. The van der Waals surface area contributed by atoms with Crippen LogP contribution in [-0.2, 0) is 0 Å². The first-order valence-electron chi connectivity index (χ1n) is 8.87. The molecule has 0 aromatic rings. The maximum absolute atomic E-state index is 4.81. The standard InChI is InChI=1S/C18H33N3/c1-5-7-17(8-6-2)20-9-11-21(12-10-20)18-16(4)13-15(3)14-19-18/h13,15,17H,5-12,14H2,1-4H3. The van der Waals surface area contributed by atoms with E-state index in [4.69, 9.17) is 4.99 Å². The number of hydrogen-bond donors (Lipinski definition) is 0. The topological polar surface area (TPSA) is 18.8 Å². The van der Waals surface area contributed by atoms with Crippen LogP contribution < -0.4 is 0 Å². The molecule has 0 spiro atoms. The van der Waals surface area contributed by atoms with Gasteiger partial charge in [-0.2, -0.15) is 0 Å². The van der Waals surface area contributed by atoms with E-state index in [2.05, 4.69) is 43.6 Å². The second-order valence-electron chi connectivity index (χ2n) is 6.75. The zero-order valence-electron chi connectivity index (χ0n) is 14.4. The molecule has 0 N–H and O–H groups in total. The Hall–Kier alpha value is -0.830. The van der Waals surface area contributed by atoms with Crippen molar-refractivity contribution in [1.82, 2.24) is 9.80 Å². The summed E-state index contributed by atoms with van der Waals surface area (Å²) in [4.78, 5) is 10.0. The van der Waals surface area contributed by atoms with Crippen LogP contribution in [0.4, 0.5) is 0 Å². The smallest absolute Gasteiger partial charge is 0.126 e. The maximum atomic E-state index is 4.81. The molecule has 0 radical (unpaired) electrons. The molecule has 0 aliphatic carbocycles. The van der Waals surface area contributed by atoms with Crippen molar-refractivity contribution in [1.29, 1.82) is 0 Å². The largest absolute Gasteiger partial charge is 0.354 e. The minimum Gasteiger partial charge on any atom is -0.354 e. The highest BCUT2D eigenvalue weighted by Gasteiger charge is 2.25. The first-order valence-corrected chi connectivity index (χ1v) is 8.87. The Balaban J connectivity index is 1.89. The van der Waals surface area contributed by atoms with Gasteiger partial charge in [0.15, 0.2) is 0 Å². The average molecular weight is 291 g/mol. The first kappa shape index (κ1) is 16.5. The molecule has 0 saturated carbocycles. The van der Waals surface area contributed by atoms with Crippen LogP contribution in [0, 0.1) is 5.92 Å². The molecule has 0 aromatic heterocycles. The van der Waals surface area contributed by atoms with Crippen LogP contribution in [0.1, 0.15) is 53.4 Å². The van der Waals surface area contributed by atoms with E-state index < -0.39 is 0 Å². The SMILES string of the molecule is CCCC(CCC)N1CCN(C2=NCC(C)C=C2C)CC1. The van der Waals surface area contributed by atoms with Crippen LogP contribution in [0.2, 0.25) is 0 Å². The molecule has 120 valence electrons. The summed E-state index contributed by atoms with van der Waals surface area (Å²) in [6.07, 6.45) is 7.69. The zero-order chi connectivity index (χ0) is 15.2. The lowest BCUT2D eigenvalue weighted by Crippen LogP contribution is -2.52. The van der Waals surface area contributed by atoms with Gasteiger partial charge in [-0.15, -0.1) is 0 Å². The Morgan fingerprint density at radius 3 is 2.29 bits per heavy atom. The summed E-state index contributed by atoms with van der Waals surface area (Å²) in [6.45, 7) is 14.7. The molecule has 0 bridgehead atoms. The van der Waals surface area contributed by atoms with E-state index >= 15 is 0 Å². The highest BCUT2D eigenvalue weighted by molar-refractivity contribution is 5.98. The quantitative estimate of drug-likeness (QED) is 0.771. The molecular formula is C18H33N3. The van der Waals surface area contributed by atoms with Gasteiger partial charge in [-0.1, -0.05) is 39.7 Å². The Morgan fingerprint density at radius 2 is 1.76 bits per heavy atom. The van der Waals surface area contributed by atoms with E-state index in [0.29, 0.717) is 5.92 Å². The summed E-state index contributed by atoms with van der Waals surface area (Å²) in [6, 6.07) is 0.798. The molecule has 2 rings (SSSR count). The van der Waals surface area contributed by atoms with Gasteiger partial charge >= 0.3 is 0 Å². The van der Waals surface area contributed by atoms with Gasteiger partial charge in [0.25, 0.3) is 0 Å². The van der Waals surface area contributed by atoms with Gasteiger partial charge in [0.1, 0.15) is 5.84 Å². The summed E-state index contributed by atoms with van der Waals surface area (Å²) in [5.41, 5.74) is 1.38. The fourth-order valence-electron chi connectivity index (χ4n) is 3.73. The fraction of sp³-hybridized carbons (Fsp3) is 0.833. The van der Waals surface area contributed by atoms with E-state index in [9.17, 15) is 0 Å². The van der Waals surface area contributed by atoms with E-state index in [0.717, 1.165) is 25.7 Å². The minimum absolute atomic E-state index is 0.605. The predicted molar refractivity (Wildman–Crippen MR) is 92.0 cm³/mol. The molecular weight excluding hydrogens is 258 g/mol. The first-order chi connectivity index (χ1) is 10.2. The third kappa shape index (κ3) is 4.32. The molecule has 1 atom stereocenters. The molecule has 1 unspecified atom stereocenters. The number of nitrogens with zero attached hydrogens (tertiary/aromatic N) is 3. The highest BCUT2D eigenvalue weighted by atomic mass is 15.3. The second kappa shape index (κ2) is 7.98. The molecule has 1 saturated heterocycles. The monoisotopic (exact) mass is 291 g/mol. The molecule has 3 heteroatoms. The summed E-state index contributed by atoms with van der Waals surface area (Å²) in [5.74, 6) is 1.86. The lowest BCUT2D eigenvalue weighted by molar-refractivity contribution is 0.119. The normalized spacial score (nSPS) is 24.2. The predicted octanol–water partition coefficient (Wildman–Crippen LogP) is 3.57. The van der Waals surface area contributed by atoms with Crippen molar-refractivity contribution < 1.29 is 0 Å². The molecule has 2 aliphatic rings. The molecule has 0 amide bonds. The molecule has 2 heterocycles. The van der Waals surface area contributed by atoms with E-state index in [1.807, 2.05) is 0 Å².